The van der Waals surface area contributed by atoms with E-state index in [1.165, 1.54) is 79.0 Å². The van der Waals surface area contributed by atoms with Crippen molar-refractivity contribution >= 4 is 84.8 Å². The third-order valence-corrected chi connectivity index (χ3v) is 13.3. The average Bonchev–Trinajstić information content (AvgIpc) is 3.94. The van der Waals surface area contributed by atoms with Gasteiger partial charge < -0.3 is 4.57 Å². The summed E-state index contributed by atoms with van der Waals surface area (Å²) in [5.41, 5.74) is 8.91. The van der Waals surface area contributed by atoms with Gasteiger partial charge >= 0.3 is 0 Å². The molecule has 0 amide bonds. The second-order valence-electron chi connectivity index (χ2n) is 14.4. The first-order valence-electron chi connectivity index (χ1n) is 19.0. The Labute approximate surface area is 335 Å². The van der Waals surface area contributed by atoms with Gasteiger partial charge in [-0.25, -0.2) is 15.0 Å². The lowest BCUT2D eigenvalue weighted by molar-refractivity contribution is 1.07. The van der Waals surface area contributed by atoms with Crippen LogP contribution in [0.5, 0.6) is 0 Å². The molecule has 0 aliphatic carbocycles. The van der Waals surface area contributed by atoms with Gasteiger partial charge in [0.2, 0.25) is 0 Å². The highest BCUT2D eigenvalue weighted by atomic mass is 32.1. The van der Waals surface area contributed by atoms with Gasteiger partial charge in [0.25, 0.3) is 0 Å². The van der Waals surface area contributed by atoms with E-state index in [9.17, 15) is 0 Å². The first-order chi connectivity index (χ1) is 28.2. The molecular formula is C51H30N4S2. The molecule has 0 saturated carbocycles. The minimum absolute atomic E-state index is 0.664. The molecule has 4 aromatic heterocycles. The zero-order valence-corrected chi connectivity index (χ0v) is 32.1. The van der Waals surface area contributed by atoms with Crippen LogP contribution in [0.4, 0.5) is 0 Å². The summed E-state index contributed by atoms with van der Waals surface area (Å²) in [6.07, 6.45) is 0. The van der Waals surface area contributed by atoms with Crippen molar-refractivity contribution in [2.24, 2.45) is 0 Å². The number of rotatable bonds is 5. The summed E-state index contributed by atoms with van der Waals surface area (Å²) < 4.78 is 7.51. The molecule has 8 aromatic carbocycles. The first kappa shape index (κ1) is 32.3. The van der Waals surface area contributed by atoms with Crippen molar-refractivity contribution < 1.29 is 0 Å². The number of aromatic nitrogens is 4. The second-order valence-corrected chi connectivity index (χ2v) is 16.6. The van der Waals surface area contributed by atoms with Gasteiger partial charge in [0.15, 0.2) is 17.5 Å². The van der Waals surface area contributed by atoms with Gasteiger partial charge in [-0.2, -0.15) is 0 Å². The van der Waals surface area contributed by atoms with Crippen LogP contribution in [-0.2, 0) is 0 Å². The van der Waals surface area contributed by atoms with Crippen LogP contribution < -0.4 is 0 Å². The standard InChI is InChI=1S/C51H30N4S2/c1-4-12-31(13-5-1)49-52-50(32-14-6-2-7-15-32)54-51(53-49)35-20-23-38-41-27-34(22-25-46(41)57-47(38)28-35)33-21-24-43-39(26-33)40-29-42-37-18-10-11-19-45(37)56-48(42)30-44(40)55(43)36-16-8-3-9-17-36/h1-30H. The Bertz CT molecular complexity index is 3450. The SMILES string of the molecule is c1ccc(-c2nc(-c3ccccc3)nc(-c3ccc4c(c3)sc3ccc(-c5ccc6c(c5)c5cc7c(cc5n6-c5ccccc5)sc5ccccc57)cc34)n2)cc1. The molecule has 0 fully saturated rings. The quantitative estimate of drug-likeness (QED) is 0.175. The molecule has 12 aromatic rings. The van der Waals surface area contributed by atoms with E-state index in [2.05, 4.69) is 126 Å². The summed E-state index contributed by atoms with van der Waals surface area (Å²) >= 11 is 3.68. The van der Waals surface area contributed by atoms with Crippen molar-refractivity contribution in [2.45, 2.75) is 0 Å². The van der Waals surface area contributed by atoms with Crippen LogP contribution in [0.2, 0.25) is 0 Å². The Morgan fingerprint density at radius 2 is 0.807 bits per heavy atom. The van der Waals surface area contributed by atoms with Crippen molar-refractivity contribution in [1.29, 1.82) is 0 Å². The van der Waals surface area contributed by atoms with Crippen LogP contribution in [0.3, 0.4) is 0 Å². The van der Waals surface area contributed by atoms with Crippen molar-refractivity contribution in [1.82, 2.24) is 19.5 Å². The number of fused-ring (bicyclic) bond motifs is 9. The summed E-state index contributed by atoms with van der Waals surface area (Å²) in [6, 6.07) is 65.1. The van der Waals surface area contributed by atoms with Crippen LogP contribution in [0.25, 0.3) is 113 Å². The van der Waals surface area contributed by atoms with Crippen molar-refractivity contribution in [3.05, 3.63) is 182 Å². The molecule has 0 unspecified atom stereocenters. The summed E-state index contributed by atoms with van der Waals surface area (Å²) in [5.74, 6) is 1.99. The van der Waals surface area contributed by atoms with Gasteiger partial charge in [0.05, 0.1) is 11.0 Å². The Morgan fingerprint density at radius 3 is 1.53 bits per heavy atom. The lowest BCUT2D eigenvalue weighted by Gasteiger charge is -2.08. The van der Waals surface area contributed by atoms with E-state index in [0.717, 1.165) is 16.7 Å². The van der Waals surface area contributed by atoms with Gasteiger partial charge in [0.1, 0.15) is 0 Å². The highest BCUT2D eigenvalue weighted by molar-refractivity contribution is 7.26. The van der Waals surface area contributed by atoms with E-state index in [0.29, 0.717) is 17.5 Å². The number of nitrogens with zero attached hydrogens (tertiary/aromatic N) is 4. The fourth-order valence-corrected chi connectivity index (χ4v) is 10.6. The zero-order valence-electron chi connectivity index (χ0n) is 30.4. The molecule has 4 nitrogen and oxygen atoms in total. The molecule has 0 aliphatic rings. The Morgan fingerprint density at radius 1 is 0.298 bits per heavy atom. The average molecular weight is 763 g/mol. The molecule has 0 saturated heterocycles. The molecule has 266 valence electrons. The predicted octanol–water partition coefficient (Wildman–Crippen LogP) is 14.4. The van der Waals surface area contributed by atoms with Crippen LogP contribution >= 0.6 is 22.7 Å². The molecule has 4 heterocycles. The molecule has 0 atom stereocenters. The first-order valence-corrected chi connectivity index (χ1v) is 20.6. The maximum Gasteiger partial charge on any atom is 0.164 e. The zero-order chi connectivity index (χ0) is 37.5. The maximum atomic E-state index is 4.99. The Kier molecular flexibility index (Phi) is 7.24. The third kappa shape index (κ3) is 5.30. The number of benzene rings is 8. The lowest BCUT2D eigenvalue weighted by Crippen LogP contribution is -1.99. The van der Waals surface area contributed by atoms with Crippen LogP contribution in [0.1, 0.15) is 0 Å². The molecule has 0 aliphatic heterocycles. The van der Waals surface area contributed by atoms with Gasteiger partial charge in [-0.3, -0.25) is 0 Å². The number of para-hydroxylation sites is 1. The van der Waals surface area contributed by atoms with Gasteiger partial charge in [-0.1, -0.05) is 121 Å². The van der Waals surface area contributed by atoms with Gasteiger partial charge in [-0.05, 0) is 71.8 Å². The molecular weight excluding hydrogens is 733 g/mol. The Hall–Kier alpha value is -6.99. The van der Waals surface area contributed by atoms with E-state index in [1.54, 1.807) is 0 Å². The smallest absolute Gasteiger partial charge is 0.164 e. The largest absolute Gasteiger partial charge is 0.309 e. The minimum Gasteiger partial charge on any atom is -0.309 e. The molecule has 0 N–H and O–H groups in total. The topological polar surface area (TPSA) is 43.6 Å². The summed E-state index contributed by atoms with van der Waals surface area (Å²) in [7, 11) is 0. The lowest BCUT2D eigenvalue weighted by atomic mass is 10.00. The van der Waals surface area contributed by atoms with Crippen LogP contribution in [-0.4, -0.2) is 19.5 Å². The van der Waals surface area contributed by atoms with Gasteiger partial charge in [-0.15, -0.1) is 22.7 Å². The molecule has 6 heteroatoms. The maximum absolute atomic E-state index is 4.99. The van der Waals surface area contributed by atoms with Crippen molar-refractivity contribution in [2.75, 3.05) is 0 Å². The van der Waals surface area contributed by atoms with E-state index in [4.69, 9.17) is 15.0 Å². The third-order valence-electron chi connectivity index (χ3n) is 11.0. The second kappa shape index (κ2) is 12.8. The number of hydrogen-bond donors (Lipinski definition) is 0. The number of hydrogen-bond acceptors (Lipinski definition) is 5. The fourth-order valence-electron chi connectivity index (χ4n) is 8.31. The van der Waals surface area contributed by atoms with Crippen LogP contribution in [0.15, 0.2) is 182 Å². The van der Waals surface area contributed by atoms with Gasteiger partial charge in [0, 0.05) is 73.5 Å². The van der Waals surface area contributed by atoms with E-state index < -0.39 is 0 Å². The number of thiophene rings is 2. The van der Waals surface area contributed by atoms with Crippen molar-refractivity contribution in [3.63, 3.8) is 0 Å². The monoisotopic (exact) mass is 762 g/mol. The van der Waals surface area contributed by atoms with Crippen molar-refractivity contribution in [3.8, 4) is 51.0 Å². The van der Waals surface area contributed by atoms with Crippen LogP contribution in [0, 0.1) is 0 Å². The summed E-state index contributed by atoms with van der Waals surface area (Å²) in [6.45, 7) is 0. The normalized spacial score (nSPS) is 11.9. The Balaban J connectivity index is 0.991. The molecule has 0 radical (unpaired) electrons. The molecule has 57 heavy (non-hydrogen) atoms. The van der Waals surface area contributed by atoms with E-state index >= 15 is 0 Å². The predicted molar refractivity (Wildman–Crippen MR) is 242 cm³/mol. The highest BCUT2D eigenvalue weighted by Crippen LogP contribution is 2.43. The van der Waals surface area contributed by atoms with E-state index in [1.807, 2.05) is 83.3 Å². The molecule has 0 bridgehead atoms. The fraction of sp³-hybridized carbons (Fsp3) is 0. The summed E-state index contributed by atoms with van der Waals surface area (Å²) in [5, 5.41) is 7.64. The highest BCUT2D eigenvalue weighted by Gasteiger charge is 2.18. The van der Waals surface area contributed by atoms with E-state index in [-0.39, 0.29) is 0 Å². The molecule has 0 spiro atoms. The minimum atomic E-state index is 0.664. The molecule has 12 rings (SSSR count). The summed E-state index contributed by atoms with van der Waals surface area (Å²) in [4.78, 5) is 14.9.